The Labute approximate surface area is 130 Å². The molecule has 0 aromatic carbocycles. The number of amides is 1. The summed E-state index contributed by atoms with van der Waals surface area (Å²) in [5.41, 5.74) is 0.531. The van der Waals surface area contributed by atoms with E-state index in [1.807, 2.05) is 0 Å². The number of aliphatic hydroxyl groups excluding tert-OH is 1. The van der Waals surface area contributed by atoms with E-state index in [2.05, 4.69) is 22.2 Å². The van der Waals surface area contributed by atoms with Crippen molar-refractivity contribution < 1.29 is 9.90 Å². The third kappa shape index (κ3) is 4.39. The molecule has 0 saturated carbocycles. The van der Waals surface area contributed by atoms with Crippen molar-refractivity contribution >= 4 is 5.91 Å². The number of aromatic nitrogens is 3. The summed E-state index contributed by atoms with van der Waals surface area (Å²) in [6.07, 6.45) is 9.45. The Bertz CT molecular complexity index is 560. The van der Waals surface area contributed by atoms with Gasteiger partial charge in [-0.1, -0.05) is 13.3 Å². The van der Waals surface area contributed by atoms with Crippen molar-refractivity contribution in [3.63, 3.8) is 0 Å². The van der Waals surface area contributed by atoms with Crippen molar-refractivity contribution in [3.05, 3.63) is 42.6 Å². The van der Waals surface area contributed by atoms with Crippen molar-refractivity contribution in [2.24, 2.45) is 5.92 Å². The molecule has 6 heteroatoms. The Morgan fingerprint density at radius 3 is 2.86 bits per heavy atom. The SMILES string of the molecule is CCCC(CCO)CNC(=O)c1ccc(-n2ccnc2)nc1. The second-order valence-electron chi connectivity index (χ2n) is 5.25. The van der Waals surface area contributed by atoms with Crippen LogP contribution in [-0.4, -0.2) is 38.7 Å². The van der Waals surface area contributed by atoms with E-state index in [0.29, 0.717) is 24.4 Å². The number of hydrogen-bond acceptors (Lipinski definition) is 4. The lowest BCUT2D eigenvalue weighted by Gasteiger charge is -2.15. The smallest absolute Gasteiger partial charge is 0.252 e. The highest BCUT2D eigenvalue weighted by molar-refractivity contribution is 5.93. The molecule has 22 heavy (non-hydrogen) atoms. The standard InChI is InChI=1S/C16H22N4O2/c1-2-3-13(6-9-21)10-19-16(22)14-4-5-15(18-11-14)20-8-7-17-12-20/h4-5,7-8,11-13,21H,2-3,6,9-10H2,1H3,(H,19,22). The third-order valence-electron chi connectivity index (χ3n) is 3.56. The normalized spacial score (nSPS) is 12.1. The Balaban J connectivity index is 1.92. The van der Waals surface area contributed by atoms with Gasteiger partial charge in [0.15, 0.2) is 0 Å². The van der Waals surface area contributed by atoms with E-state index in [4.69, 9.17) is 5.11 Å². The molecule has 2 aromatic heterocycles. The van der Waals surface area contributed by atoms with Gasteiger partial charge in [0.05, 0.1) is 5.56 Å². The first kappa shape index (κ1) is 16.2. The van der Waals surface area contributed by atoms with Gasteiger partial charge in [-0.05, 0) is 30.9 Å². The van der Waals surface area contributed by atoms with Crippen LogP contribution in [0.5, 0.6) is 0 Å². The Morgan fingerprint density at radius 1 is 1.41 bits per heavy atom. The molecule has 0 fully saturated rings. The maximum Gasteiger partial charge on any atom is 0.252 e. The number of rotatable bonds is 8. The zero-order chi connectivity index (χ0) is 15.8. The van der Waals surface area contributed by atoms with Crippen molar-refractivity contribution in [3.8, 4) is 5.82 Å². The molecule has 0 bridgehead atoms. The van der Waals surface area contributed by atoms with E-state index in [9.17, 15) is 4.79 Å². The first-order valence-corrected chi connectivity index (χ1v) is 7.58. The summed E-state index contributed by atoms with van der Waals surface area (Å²) >= 11 is 0. The lowest BCUT2D eigenvalue weighted by Crippen LogP contribution is -2.29. The van der Waals surface area contributed by atoms with E-state index in [1.165, 1.54) is 0 Å². The summed E-state index contributed by atoms with van der Waals surface area (Å²) in [6, 6.07) is 3.53. The molecule has 0 aliphatic heterocycles. The fourth-order valence-electron chi connectivity index (χ4n) is 2.35. The highest BCUT2D eigenvalue weighted by Gasteiger charge is 2.11. The number of nitrogens with zero attached hydrogens (tertiary/aromatic N) is 3. The Kier molecular flexibility index (Phi) is 6.09. The molecule has 6 nitrogen and oxygen atoms in total. The number of nitrogens with one attached hydrogen (secondary N) is 1. The zero-order valence-electron chi connectivity index (χ0n) is 12.8. The topological polar surface area (TPSA) is 80.0 Å². The molecule has 0 spiro atoms. The van der Waals surface area contributed by atoms with Gasteiger partial charge in [0.25, 0.3) is 5.91 Å². The minimum atomic E-state index is -0.135. The van der Waals surface area contributed by atoms with Crippen LogP contribution in [0.4, 0.5) is 0 Å². The van der Waals surface area contributed by atoms with Crippen LogP contribution in [0.2, 0.25) is 0 Å². The van der Waals surface area contributed by atoms with Gasteiger partial charge in [0.2, 0.25) is 0 Å². The molecule has 0 saturated heterocycles. The van der Waals surface area contributed by atoms with Crippen LogP contribution in [0.3, 0.4) is 0 Å². The highest BCUT2D eigenvalue weighted by atomic mass is 16.3. The maximum atomic E-state index is 12.1. The van der Waals surface area contributed by atoms with Crippen LogP contribution < -0.4 is 5.32 Å². The number of aliphatic hydroxyl groups is 1. The van der Waals surface area contributed by atoms with Crippen LogP contribution in [0.25, 0.3) is 5.82 Å². The zero-order valence-corrected chi connectivity index (χ0v) is 12.8. The molecule has 2 heterocycles. The van der Waals surface area contributed by atoms with Crippen molar-refractivity contribution in [1.29, 1.82) is 0 Å². The molecule has 0 radical (unpaired) electrons. The van der Waals surface area contributed by atoms with Crippen LogP contribution in [0.15, 0.2) is 37.1 Å². The predicted molar refractivity (Wildman–Crippen MR) is 83.8 cm³/mol. The molecule has 2 N–H and O–H groups in total. The Morgan fingerprint density at radius 2 is 2.27 bits per heavy atom. The lowest BCUT2D eigenvalue weighted by atomic mass is 10.0. The largest absolute Gasteiger partial charge is 0.396 e. The van der Waals surface area contributed by atoms with Gasteiger partial charge in [-0.15, -0.1) is 0 Å². The van der Waals surface area contributed by atoms with Crippen LogP contribution in [-0.2, 0) is 0 Å². The van der Waals surface area contributed by atoms with Crippen molar-refractivity contribution in [1.82, 2.24) is 19.9 Å². The monoisotopic (exact) mass is 302 g/mol. The average molecular weight is 302 g/mol. The maximum absolute atomic E-state index is 12.1. The van der Waals surface area contributed by atoms with E-state index in [0.717, 1.165) is 18.7 Å². The fourth-order valence-corrected chi connectivity index (χ4v) is 2.35. The van der Waals surface area contributed by atoms with Crippen molar-refractivity contribution in [2.45, 2.75) is 26.2 Å². The Hall–Kier alpha value is -2.21. The number of pyridine rings is 1. The molecule has 0 aliphatic carbocycles. The van der Waals surface area contributed by atoms with Gasteiger partial charge in [-0.25, -0.2) is 9.97 Å². The summed E-state index contributed by atoms with van der Waals surface area (Å²) in [7, 11) is 0. The predicted octanol–water partition coefficient (Wildman–Crippen LogP) is 1.80. The first-order valence-electron chi connectivity index (χ1n) is 7.58. The third-order valence-corrected chi connectivity index (χ3v) is 3.56. The molecular formula is C16H22N4O2. The summed E-state index contributed by atoms with van der Waals surface area (Å²) in [5.74, 6) is 0.902. The van der Waals surface area contributed by atoms with Gasteiger partial charge in [0, 0.05) is 31.7 Å². The molecule has 1 amide bonds. The average Bonchev–Trinajstić information content (AvgIpc) is 3.07. The quantitative estimate of drug-likeness (QED) is 0.779. The minimum absolute atomic E-state index is 0.135. The van der Waals surface area contributed by atoms with Gasteiger partial charge in [-0.2, -0.15) is 0 Å². The number of hydrogen-bond donors (Lipinski definition) is 2. The molecule has 118 valence electrons. The van der Waals surface area contributed by atoms with Gasteiger partial charge in [0.1, 0.15) is 12.1 Å². The van der Waals surface area contributed by atoms with Gasteiger partial charge in [-0.3, -0.25) is 9.36 Å². The van der Waals surface area contributed by atoms with Crippen LogP contribution in [0, 0.1) is 5.92 Å². The molecule has 2 aromatic rings. The first-order chi connectivity index (χ1) is 10.7. The number of imidazole rings is 1. The van der Waals surface area contributed by atoms with E-state index in [1.54, 1.807) is 41.6 Å². The highest BCUT2D eigenvalue weighted by Crippen LogP contribution is 2.10. The lowest BCUT2D eigenvalue weighted by molar-refractivity contribution is 0.0942. The molecule has 2 rings (SSSR count). The van der Waals surface area contributed by atoms with Crippen LogP contribution in [0.1, 0.15) is 36.5 Å². The molecular weight excluding hydrogens is 280 g/mol. The van der Waals surface area contributed by atoms with E-state index < -0.39 is 0 Å². The summed E-state index contributed by atoms with van der Waals surface area (Å²) in [5, 5.41) is 12.0. The number of carbonyl (C=O) groups excluding carboxylic acids is 1. The summed E-state index contributed by atoms with van der Waals surface area (Å²) in [6.45, 7) is 2.84. The summed E-state index contributed by atoms with van der Waals surface area (Å²) < 4.78 is 1.78. The van der Waals surface area contributed by atoms with Gasteiger partial charge < -0.3 is 10.4 Å². The fraction of sp³-hybridized carbons (Fsp3) is 0.438. The van der Waals surface area contributed by atoms with E-state index in [-0.39, 0.29) is 12.5 Å². The molecule has 0 aliphatic rings. The second kappa shape index (κ2) is 8.29. The van der Waals surface area contributed by atoms with E-state index >= 15 is 0 Å². The van der Waals surface area contributed by atoms with Gasteiger partial charge >= 0.3 is 0 Å². The number of carbonyl (C=O) groups is 1. The van der Waals surface area contributed by atoms with Crippen LogP contribution >= 0.6 is 0 Å². The molecule has 1 unspecified atom stereocenters. The minimum Gasteiger partial charge on any atom is -0.396 e. The molecule has 1 atom stereocenters. The second-order valence-corrected chi connectivity index (χ2v) is 5.25. The van der Waals surface area contributed by atoms with Crippen molar-refractivity contribution in [2.75, 3.05) is 13.2 Å². The summed E-state index contributed by atoms with van der Waals surface area (Å²) in [4.78, 5) is 20.3.